The van der Waals surface area contributed by atoms with Crippen molar-refractivity contribution >= 4 is 34.5 Å². The lowest BCUT2D eigenvalue weighted by Gasteiger charge is -2.36. The number of thioether (sulfide) groups is 1. The van der Waals surface area contributed by atoms with Crippen molar-refractivity contribution in [2.75, 3.05) is 6.61 Å². The summed E-state index contributed by atoms with van der Waals surface area (Å²) in [6.07, 6.45) is 3.55. The minimum Gasteiger partial charge on any atom is -0.463 e. The van der Waals surface area contributed by atoms with Gasteiger partial charge in [0.05, 0.1) is 30.3 Å². The zero-order valence-electron chi connectivity index (χ0n) is 21.3. The summed E-state index contributed by atoms with van der Waals surface area (Å²) < 4.78 is 5.56. The summed E-state index contributed by atoms with van der Waals surface area (Å²) in [5.41, 5.74) is 5.67. The van der Waals surface area contributed by atoms with E-state index in [1.54, 1.807) is 19.3 Å². The number of pyridine rings is 1. The zero-order valence-corrected chi connectivity index (χ0v) is 22.1. The number of fused-ring (bicyclic) bond motifs is 1. The molecule has 0 radical (unpaired) electrons. The Labute approximate surface area is 226 Å². The van der Waals surface area contributed by atoms with Crippen LogP contribution in [0.15, 0.2) is 101 Å². The Morgan fingerprint density at radius 1 is 1.03 bits per heavy atom. The molecule has 3 aromatic rings. The molecule has 0 spiro atoms. The fourth-order valence-corrected chi connectivity index (χ4v) is 5.40. The van der Waals surface area contributed by atoms with Crippen molar-refractivity contribution in [3.8, 4) is 0 Å². The maximum Gasteiger partial charge on any atom is 0.338 e. The summed E-state index contributed by atoms with van der Waals surface area (Å²) in [4.78, 5) is 37.5. The molecule has 7 nitrogen and oxygen atoms in total. The van der Waals surface area contributed by atoms with Gasteiger partial charge in [-0.3, -0.25) is 9.78 Å². The average molecular weight is 525 g/mol. The van der Waals surface area contributed by atoms with Gasteiger partial charge in [-0.25, -0.2) is 9.79 Å². The minimum absolute atomic E-state index is 0.118. The van der Waals surface area contributed by atoms with E-state index in [0.29, 0.717) is 17.8 Å². The van der Waals surface area contributed by atoms with Crippen LogP contribution < -0.4 is 5.32 Å². The van der Waals surface area contributed by atoms with Crippen molar-refractivity contribution < 1.29 is 14.3 Å². The molecule has 0 fully saturated rings. The monoisotopic (exact) mass is 524 g/mol. The standard InChI is InChI=1S/C30H28N4O3S/c1-3-37-29(36)26-27(22-7-5-4-6-8-22)33-30-34(28(26)23-11-9-20(2)10-12-23)24(19-38-30)17-25(35)32-18-21-13-15-31-16-14-21/h4-16,19,28H,3,17-18H2,1-2H3,(H,32,35). The van der Waals surface area contributed by atoms with Gasteiger partial charge in [0.1, 0.15) is 0 Å². The lowest BCUT2D eigenvalue weighted by molar-refractivity contribution is -0.139. The molecule has 1 aromatic heterocycles. The third-order valence-corrected chi connectivity index (χ3v) is 7.22. The van der Waals surface area contributed by atoms with Crippen molar-refractivity contribution in [3.05, 3.63) is 118 Å². The first-order chi connectivity index (χ1) is 18.5. The van der Waals surface area contributed by atoms with Crippen molar-refractivity contribution in [2.45, 2.75) is 32.9 Å². The molecule has 1 unspecified atom stereocenters. The molecule has 8 heteroatoms. The van der Waals surface area contributed by atoms with Crippen molar-refractivity contribution in [1.29, 1.82) is 0 Å². The summed E-state index contributed by atoms with van der Waals surface area (Å²) in [5.74, 6) is -0.536. The van der Waals surface area contributed by atoms with Gasteiger partial charge in [0.25, 0.3) is 0 Å². The van der Waals surface area contributed by atoms with Crippen LogP contribution in [0.5, 0.6) is 0 Å². The summed E-state index contributed by atoms with van der Waals surface area (Å²) in [6.45, 7) is 4.48. The van der Waals surface area contributed by atoms with Gasteiger partial charge >= 0.3 is 5.97 Å². The minimum atomic E-state index is -0.494. The van der Waals surface area contributed by atoms with Crippen molar-refractivity contribution in [2.24, 2.45) is 4.99 Å². The molecule has 192 valence electrons. The smallest absolute Gasteiger partial charge is 0.338 e. The van der Waals surface area contributed by atoms with E-state index in [1.165, 1.54) is 11.8 Å². The fourth-order valence-electron chi connectivity index (χ4n) is 4.48. The number of esters is 1. The molecule has 0 saturated carbocycles. The largest absolute Gasteiger partial charge is 0.463 e. The number of hydrogen-bond donors (Lipinski definition) is 1. The Bertz CT molecular complexity index is 1420. The molecule has 2 aliphatic rings. The lowest BCUT2D eigenvalue weighted by Crippen LogP contribution is -2.38. The van der Waals surface area contributed by atoms with Gasteiger partial charge in [-0.05, 0) is 42.5 Å². The number of aromatic nitrogens is 1. The second kappa shape index (κ2) is 11.5. The molecular weight excluding hydrogens is 496 g/mol. The lowest BCUT2D eigenvalue weighted by atomic mass is 9.91. The Balaban J connectivity index is 1.52. The summed E-state index contributed by atoms with van der Waals surface area (Å²) in [7, 11) is 0. The molecule has 1 N–H and O–H groups in total. The number of benzene rings is 2. The molecule has 2 aliphatic heterocycles. The van der Waals surface area contributed by atoms with Crippen LogP contribution in [0.4, 0.5) is 0 Å². The molecule has 1 amide bonds. The summed E-state index contributed by atoms with van der Waals surface area (Å²) in [5, 5.41) is 5.65. The third kappa shape index (κ3) is 5.40. The molecule has 0 saturated heterocycles. The number of rotatable bonds is 8. The quantitative estimate of drug-likeness (QED) is 0.399. The number of carbonyl (C=O) groups is 2. The van der Waals surface area contributed by atoms with Crippen LogP contribution in [0.2, 0.25) is 0 Å². The normalized spacial score (nSPS) is 16.5. The zero-order chi connectivity index (χ0) is 26.5. The highest BCUT2D eigenvalue weighted by Crippen LogP contribution is 2.47. The summed E-state index contributed by atoms with van der Waals surface area (Å²) >= 11 is 1.46. The number of aryl methyl sites for hydroxylation is 1. The average Bonchev–Trinajstić information content (AvgIpc) is 3.34. The van der Waals surface area contributed by atoms with E-state index >= 15 is 0 Å². The van der Waals surface area contributed by atoms with Crippen molar-refractivity contribution in [3.63, 3.8) is 0 Å². The highest BCUT2D eigenvalue weighted by molar-refractivity contribution is 8.16. The Morgan fingerprint density at radius 3 is 2.47 bits per heavy atom. The first kappa shape index (κ1) is 25.5. The second-order valence-corrected chi connectivity index (χ2v) is 9.80. The number of nitrogens with one attached hydrogen (secondary N) is 1. The maximum absolute atomic E-state index is 13.5. The van der Waals surface area contributed by atoms with Crippen molar-refractivity contribution in [1.82, 2.24) is 15.2 Å². The number of amidine groups is 1. The van der Waals surface area contributed by atoms with E-state index in [2.05, 4.69) is 10.3 Å². The number of nitrogens with zero attached hydrogens (tertiary/aromatic N) is 3. The van der Waals surface area contributed by atoms with E-state index in [9.17, 15) is 9.59 Å². The van der Waals surface area contributed by atoms with E-state index in [0.717, 1.165) is 33.1 Å². The molecule has 1 atom stereocenters. The van der Waals surface area contributed by atoms with Crippen LogP contribution in [-0.2, 0) is 20.9 Å². The molecule has 38 heavy (non-hydrogen) atoms. The third-order valence-electron chi connectivity index (χ3n) is 6.33. The molecule has 2 aromatic carbocycles. The number of amides is 1. The van der Waals surface area contributed by atoms with Crippen LogP contribution >= 0.6 is 11.8 Å². The number of hydrogen-bond acceptors (Lipinski definition) is 7. The van der Waals surface area contributed by atoms with Gasteiger partial charge < -0.3 is 15.0 Å². The van der Waals surface area contributed by atoms with Gasteiger partial charge in [-0.15, -0.1) is 0 Å². The Kier molecular flexibility index (Phi) is 7.70. The maximum atomic E-state index is 13.5. The van der Waals surface area contributed by atoms with E-state index in [4.69, 9.17) is 9.73 Å². The summed E-state index contributed by atoms with van der Waals surface area (Å²) in [6, 6.07) is 21.0. The highest BCUT2D eigenvalue weighted by atomic mass is 32.2. The van der Waals surface area contributed by atoms with Gasteiger partial charge in [0.2, 0.25) is 5.91 Å². The van der Waals surface area contributed by atoms with Gasteiger partial charge in [0, 0.05) is 30.2 Å². The van der Waals surface area contributed by atoms with Gasteiger partial charge in [-0.1, -0.05) is 71.9 Å². The SMILES string of the molecule is CCOC(=O)C1=C(c2ccccc2)N=C2SC=C(CC(=O)NCc3ccncc3)N2C1c1ccc(C)cc1. The second-order valence-electron chi connectivity index (χ2n) is 8.96. The topological polar surface area (TPSA) is 83.9 Å². The first-order valence-electron chi connectivity index (χ1n) is 12.5. The molecule has 5 rings (SSSR count). The molecular formula is C30H28N4O3S. The van der Waals surface area contributed by atoms with Crippen LogP contribution in [0, 0.1) is 6.92 Å². The van der Waals surface area contributed by atoms with Crippen LogP contribution in [0.1, 0.15) is 41.6 Å². The van der Waals surface area contributed by atoms with Crippen LogP contribution in [0.3, 0.4) is 0 Å². The number of carbonyl (C=O) groups excluding carboxylic acids is 2. The van der Waals surface area contributed by atoms with Gasteiger partial charge in [0.15, 0.2) is 5.17 Å². The number of aliphatic imine (C=N–C) groups is 1. The molecule has 3 heterocycles. The highest BCUT2D eigenvalue weighted by Gasteiger charge is 2.42. The van der Waals surface area contributed by atoms with Crippen LogP contribution in [-0.4, -0.2) is 33.5 Å². The first-order valence-corrected chi connectivity index (χ1v) is 13.4. The Morgan fingerprint density at radius 2 is 1.76 bits per heavy atom. The van der Waals surface area contributed by atoms with E-state index in [-0.39, 0.29) is 18.9 Å². The Hall–Kier alpha value is -4.17. The van der Waals surface area contributed by atoms with E-state index < -0.39 is 12.0 Å². The van der Waals surface area contributed by atoms with E-state index in [1.807, 2.05) is 84.0 Å². The predicted molar refractivity (Wildman–Crippen MR) is 150 cm³/mol. The number of ether oxygens (including phenoxy) is 1. The fraction of sp³-hybridized carbons (Fsp3) is 0.200. The van der Waals surface area contributed by atoms with Gasteiger partial charge in [-0.2, -0.15) is 0 Å². The molecule has 0 bridgehead atoms. The predicted octanol–water partition coefficient (Wildman–Crippen LogP) is 5.37. The molecule has 0 aliphatic carbocycles. The van der Waals surface area contributed by atoms with Crippen LogP contribution in [0.25, 0.3) is 5.70 Å².